The van der Waals surface area contributed by atoms with E-state index in [1.165, 1.54) is 10.5 Å². The highest BCUT2D eigenvalue weighted by atomic mass is 35.5. The Morgan fingerprint density at radius 2 is 1.83 bits per heavy atom. The van der Waals surface area contributed by atoms with Crippen molar-refractivity contribution in [3.8, 4) is 0 Å². The molecule has 0 radical (unpaired) electrons. The smallest absolute Gasteiger partial charge is 0.338 e. The number of anilines is 1. The molecule has 2 fully saturated rings. The number of hydrogen-bond acceptors (Lipinski definition) is 4. The van der Waals surface area contributed by atoms with Gasteiger partial charge in [0.2, 0.25) is 11.8 Å². The minimum absolute atomic E-state index is 0.114. The summed E-state index contributed by atoms with van der Waals surface area (Å²) in [6.45, 7) is 2.16. The first-order valence-corrected chi connectivity index (χ1v) is 10.4. The predicted octanol–water partition coefficient (Wildman–Crippen LogP) is 4.40. The predicted molar refractivity (Wildman–Crippen MR) is 112 cm³/mol. The summed E-state index contributed by atoms with van der Waals surface area (Å²) in [7, 11) is 0. The van der Waals surface area contributed by atoms with Crippen LogP contribution in [0.25, 0.3) is 0 Å². The third-order valence-corrected chi connectivity index (χ3v) is 6.74. The number of hydrogen-bond donors (Lipinski definition) is 0. The molecule has 5 nitrogen and oxygen atoms in total. The first-order chi connectivity index (χ1) is 14.4. The van der Waals surface area contributed by atoms with Gasteiger partial charge in [0, 0.05) is 5.02 Å². The van der Waals surface area contributed by atoms with E-state index < -0.39 is 5.97 Å². The molecule has 0 N–H and O–H groups in total. The third kappa shape index (κ3) is 2.96. The van der Waals surface area contributed by atoms with Crippen LogP contribution in [0.3, 0.4) is 0 Å². The van der Waals surface area contributed by atoms with Crippen molar-refractivity contribution in [2.24, 2.45) is 23.7 Å². The number of carbonyl (C=O) groups excluding carboxylic acids is 3. The molecule has 2 aromatic rings. The van der Waals surface area contributed by atoms with Crippen molar-refractivity contribution in [2.75, 3.05) is 4.90 Å². The van der Waals surface area contributed by atoms with Crippen molar-refractivity contribution in [3.63, 3.8) is 0 Å². The van der Waals surface area contributed by atoms with E-state index in [-0.39, 0.29) is 42.1 Å². The number of halogens is 1. The highest BCUT2D eigenvalue weighted by Gasteiger charge is 2.60. The summed E-state index contributed by atoms with van der Waals surface area (Å²) in [6, 6.07) is 13.6. The normalized spacial score (nSPS) is 26.7. The molecule has 3 aliphatic rings. The first-order valence-electron chi connectivity index (χ1n) is 10.0. The molecule has 2 amide bonds. The maximum Gasteiger partial charge on any atom is 0.338 e. The van der Waals surface area contributed by atoms with Gasteiger partial charge in [0.25, 0.3) is 0 Å². The van der Waals surface area contributed by atoms with Crippen molar-refractivity contribution in [3.05, 3.63) is 76.3 Å². The van der Waals surface area contributed by atoms with Gasteiger partial charge in [-0.2, -0.15) is 0 Å². The summed E-state index contributed by atoms with van der Waals surface area (Å²) in [5.74, 6) is -0.859. The Bertz CT molecular complexity index is 1090. The van der Waals surface area contributed by atoms with Gasteiger partial charge in [-0.05, 0) is 67.1 Å². The van der Waals surface area contributed by atoms with E-state index in [0.717, 1.165) is 12.0 Å². The molecule has 152 valence electrons. The second kappa shape index (κ2) is 7.10. The van der Waals surface area contributed by atoms with Gasteiger partial charge in [-0.15, -0.1) is 0 Å². The molecule has 0 aromatic heterocycles. The van der Waals surface area contributed by atoms with Crippen molar-refractivity contribution < 1.29 is 19.1 Å². The van der Waals surface area contributed by atoms with E-state index in [0.29, 0.717) is 16.3 Å². The Kier molecular flexibility index (Phi) is 4.51. The van der Waals surface area contributed by atoms with Crippen LogP contribution in [0, 0.1) is 23.7 Å². The highest BCUT2D eigenvalue weighted by Crippen LogP contribution is 2.55. The molecule has 1 aliphatic heterocycles. The van der Waals surface area contributed by atoms with E-state index >= 15 is 0 Å². The highest BCUT2D eigenvalue weighted by molar-refractivity contribution is 6.30. The fraction of sp³-hybridized carbons (Fsp3) is 0.292. The molecule has 6 heteroatoms. The number of amides is 2. The number of fused-ring (bicyclic) bond motifs is 5. The average Bonchev–Trinajstić information content (AvgIpc) is 3.37. The van der Waals surface area contributed by atoms with E-state index in [4.69, 9.17) is 16.3 Å². The topological polar surface area (TPSA) is 63.7 Å². The summed E-state index contributed by atoms with van der Waals surface area (Å²) < 4.78 is 5.33. The van der Waals surface area contributed by atoms with E-state index in [9.17, 15) is 14.4 Å². The number of nitrogens with zero attached hydrogens (tertiary/aromatic N) is 1. The van der Waals surface area contributed by atoms with Gasteiger partial charge in [-0.25, -0.2) is 4.79 Å². The summed E-state index contributed by atoms with van der Waals surface area (Å²) in [4.78, 5) is 39.6. The lowest BCUT2D eigenvalue weighted by Crippen LogP contribution is -2.32. The molecule has 30 heavy (non-hydrogen) atoms. The van der Waals surface area contributed by atoms with Crippen LogP contribution in [-0.2, 0) is 20.9 Å². The van der Waals surface area contributed by atoms with Crippen LogP contribution in [0.4, 0.5) is 5.69 Å². The lowest BCUT2D eigenvalue weighted by molar-refractivity contribution is -0.123. The van der Waals surface area contributed by atoms with Crippen LogP contribution in [-0.4, -0.2) is 17.8 Å². The number of rotatable bonds is 4. The minimum Gasteiger partial charge on any atom is -0.457 e. The Labute approximate surface area is 179 Å². The zero-order chi connectivity index (χ0) is 21.0. The second-order valence-corrected chi connectivity index (χ2v) is 8.67. The Hall–Kier alpha value is -2.92. The minimum atomic E-state index is -0.477. The fourth-order valence-corrected chi connectivity index (χ4v) is 5.35. The summed E-state index contributed by atoms with van der Waals surface area (Å²) in [6.07, 6.45) is 3.06. The van der Waals surface area contributed by atoms with Crippen LogP contribution in [0.5, 0.6) is 0 Å². The van der Waals surface area contributed by atoms with Gasteiger partial charge in [-0.3, -0.25) is 14.5 Å². The van der Waals surface area contributed by atoms with Crippen molar-refractivity contribution in [1.29, 1.82) is 0 Å². The SMILES string of the molecule is CC1=C[C@H]2C[C@H]1[C@H]1C(=O)N(c3ccc(C(=O)OCc4cccc(Cl)c4)cc3)C(=O)[C@H]12. The van der Waals surface area contributed by atoms with Crippen LogP contribution in [0.1, 0.15) is 29.3 Å². The maximum absolute atomic E-state index is 13.0. The van der Waals surface area contributed by atoms with Crippen molar-refractivity contribution in [1.82, 2.24) is 0 Å². The molecule has 2 aromatic carbocycles. The van der Waals surface area contributed by atoms with Crippen LogP contribution < -0.4 is 4.90 Å². The zero-order valence-electron chi connectivity index (χ0n) is 16.4. The van der Waals surface area contributed by atoms with Crippen LogP contribution in [0.2, 0.25) is 5.02 Å². The van der Waals surface area contributed by atoms with Crippen molar-refractivity contribution in [2.45, 2.75) is 20.0 Å². The quantitative estimate of drug-likeness (QED) is 0.417. The molecule has 0 unspecified atom stereocenters. The maximum atomic E-state index is 13.0. The lowest BCUT2D eigenvalue weighted by atomic mass is 9.82. The molecule has 1 heterocycles. The lowest BCUT2D eigenvalue weighted by Gasteiger charge is -2.19. The Morgan fingerprint density at radius 1 is 1.10 bits per heavy atom. The summed E-state index contributed by atoms with van der Waals surface area (Å²) in [5, 5.41) is 0.580. The van der Waals surface area contributed by atoms with Crippen molar-refractivity contribution >= 4 is 35.1 Å². The fourth-order valence-electron chi connectivity index (χ4n) is 5.13. The van der Waals surface area contributed by atoms with E-state index in [1.807, 2.05) is 13.0 Å². The molecule has 0 spiro atoms. The monoisotopic (exact) mass is 421 g/mol. The number of ether oxygens (including phenoxy) is 1. The third-order valence-electron chi connectivity index (χ3n) is 6.50. The van der Waals surface area contributed by atoms with E-state index in [1.54, 1.807) is 42.5 Å². The Morgan fingerprint density at radius 3 is 2.57 bits per heavy atom. The van der Waals surface area contributed by atoms with Gasteiger partial charge in [0.15, 0.2) is 0 Å². The van der Waals surface area contributed by atoms with Gasteiger partial charge < -0.3 is 4.74 Å². The van der Waals surface area contributed by atoms with Crippen LogP contribution >= 0.6 is 11.6 Å². The molecule has 4 atom stereocenters. The van der Waals surface area contributed by atoms with Crippen LogP contribution in [0.15, 0.2) is 60.2 Å². The number of imide groups is 1. The summed E-state index contributed by atoms with van der Waals surface area (Å²) >= 11 is 5.94. The molecule has 2 bridgehead atoms. The molecule has 5 rings (SSSR count). The number of carbonyl (C=O) groups is 3. The molecular weight excluding hydrogens is 402 g/mol. The molecule has 1 saturated heterocycles. The first kappa shape index (κ1) is 19.1. The standard InChI is InChI=1S/C24H20ClNO4/c1-13-9-16-11-19(13)21-20(16)22(27)26(23(21)28)18-7-5-15(6-8-18)24(29)30-12-14-3-2-4-17(25)10-14/h2-10,16,19-21H,11-12H2,1H3/t16-,19+,20-,21+/m0/s1. The summed E-state index contributed by atoms with van der Waals surface area (Å²) in [5.41, 5.74) is 2.88. The average molecular weight is 422 g/mol. The number of esters is 1. The largest absolute Gasteiger partial charge is 0.457 e. The van der Waals surface area contributed by atoms with E-state index in [2.05, 4.69) is 6.08 Å². The number of benzene rings is 2. The molecular formula is C24H20ClNO4. The number of allylic oxidation sites excluding steroid dienone is 2. The van der Waals surface area contributed by atoms with Gasteiger partial charge in [0.05, 0.1) is 23.1 Å². The molecule has 2 aliphatic carbocycles. The zero-order valence-corrected chi connectivity index (χ0v) is 17.1. The Balaban J connectivity index is 1.29. The second-order valence-electron chi connectivity index (χ2n) is 8.23. The van der Waals surface area contributed by atoms with Gasteiger partial charge >= 0.3 is 5.97 Å². The van der Waals surface area contributed by atoms with Gasteiger partial charge in [-0.1, -0.05) is 35.4 Å². The molecule has 1 saturated carbocycles. The van der Waals surface area contributed by atoms with Gasteiger partial charge in [0.1, 0.15) is 6.61 Å².